The monoisotopic (exact) mass is 224 g/mol. The van der Waals surface area contributed by atoms with Crippen molar-refractivity contribution in [2.75, 3.05) is 18.0 Å². The van der Waals surface area contributed by atoms with Crippen molar-refractivity contribution in [1.82, 2.24) is 0 Å². The lowest BCUT2D eigenvalue weighted by Gasteiger charge is -2.24. The van der Waals surface area contributed by atoms with Crippen LogP contribution in [0.2, 0.25) is 0 Å². The van der Waals surface area contributed by atoms with E-state index in [0.717, 1.165) is 5.69 Å². The van der Waals surface area contributed by atoms with Gasteiger partial charge in [0.25, 0.3) is 0 Å². The summed E-state index contributed by atoms with van der Waals surface area (Å²) in [6.45, 7) is 2.75. The van der Waals surface area contributed by atoms with Crippen LogP contribution in [0.4, 0.5) is 5.69 Å². The Bertz CT molecular complexity index is 368. The fourth-order valence-corrected chi connectivity index (χ4v) is 1.42. The molecule has 5 heteroatoms. The third-order valence-corrected chi connectivity index (χ3v) is 2.31. The van der Waals surface area contributed by atoms with E-state index in [4.69, 9.17) is 10.8 Å². The van der Waals surface area contributed by atoms with Gasteiger partial charge in [0.2, 0.25) is 0 Å². The summed E-state index contributed by atoms with van der Waals surface area (Å²) in [6.07, 6.45) is 0. The van der Waals surface area contributed by atoms with Gasteiger partial charge in [0.15, 0.2) is 0 Å². The Hall–Kier alpha value is -1.75. The summed E-state index contributed by atoms with van der Waals surface area (Å²) in [7, 11) is 0. The number of phenolic OH excluding ortho intramolecular Hbond substituents is 1. The van der Waals surface area contributed by atoms with Crippen molar-refractivity contribution in [2.45, 2.75) is 13.0 Å². The van der Waals surface area contributed by atoms with Gasteiger partial charge in [-0.3, -0.25) is 4.79 Å². The van der Waals surface area contributed by atoms with Crippen LogP contribution in [0.15, 0.2) is 24.3 Å². The highest BCUT2D eigenvalue weighted by atomic mass is 16.4. The minimum atomic E-state index is -1.03. The lowest BCUT2D eigenvalue weighted by Crippen LogP contribution is -2.42. The smallest absolute Gasteiger partial charge is 0.322 e. The molecular formula is C11H16N2O3. The van der Waals surface area contributed by atoms with Crippen molar-refractivity contribution < 1.29 is 15.0 Å². The highest BCUT2D eigenvalue weighted by Crippen LogP contribution is 2.19. The van der Waals surface area contributed by atoms with E-state index in [2.05, 4.69) is 0 Å². The second kappa shape index (κ2) is 5.37. The van der Waals surface area contributed by atoms with E-state index in [-0.39, 0.29) is 12.3 Å². The Kier molecular flexibility index (Phi) is 4.13. The van der Waals surface area contributed by atoms with Gasteiger partial charge in [-0.1, -0.05) is 6.07 Å². The zero-order chi connectivity index (χ0) is 12.1. The van der Waals surface area contributed by atoms with E-state index in [1.54, 1.807) is 29.2 Å². The average molecular weight is 224 g/mol. The van der Waals surface area contributed by atoms with Crippen molar-refractivity contribution >= 4 is 11.7 Å². The molecule has 88 valence electrons. The molecule has 0 aliphatic rings. The number of anilines is 1. The van der Waals surface area contributed by atoms with Crippen LogP contribution in [0.25, 0.3) is 0 Å². The van der Waals surface area contributed by atoms with Gasteiger partial charge in [-0.25, -0.2) is 0 Å². The molecule has 0 aliphatic carbocycles. The lowest BCUT2D eigenvalue weighted by molar-refractivity contribution is -0.138. The van der Waals surface area contributed by atoms with Crippen LogP contribution in [0.1, 0.15) is 6.92 Å². The number of likely N-dealkylation sites (N-methyl/N-ethyl adjacent to an activating group) is 1. The van der Waals surface area contributed by atoms with E-state index in [0.29, 0.717) is 6.54 Å². The summed E-state index contributed by atoms with van der Waals surface area (Å²) in [5.41, 5.74) is 6.23. The molecule has 4 N–H and O–H groups in total. The highest BCUT2D eigenvalue weighted by Gasteiger charge is 2.16. The van der Waals surface area contributed by atoms with E-state index in [1.807, 2.05) is 6.92 Å². The van der Waals surface area contributed by atoms with Crippen LogP contribution in [-0.2, 0) is 4.79 Å². The fourth-order valence-electron chi connectivity index (χ4n) is 1.42. The van der Waals surface area contributed by atoms with Crippen LogP contribution < -0.4 is 10.6 Å². The normalized spacial score (nSPS) is 12.1. The van der Waals surface area contributed by atoms with Gasteiger partial charge in [0, 0.05) is 24.8 Å². The molecule has 1 rings (SSSR count). The van der Waals surface area contributed by atoms with Crippen molar-refractivity contribution in [1.29, 1.82) is 0 Å². The van der Waals surface area contributed by atoms with Crippen LogP contribution in [0.3, 0.4) is 0 Å². The number of nitrogens with two attached hydrogens (primary N) is 1. The predicted octanol–water partition coefficient (Wildman–Crippen LogP) is 0.630. The SMILES string of the molecule is CCN(CC(N)C(=O)O)c1cccc(O)c1. The molecule has 0 bridgehead atoms. The first-order valence-electron chi connectivity index (χ1n) is 5.07. The van der Waals surface area contributed by atoms with Gasteiger partial charge in [-0.05, 0) is 19.1 Å². The number of hydrogen-bond acceptors (Lipinski definition) is 4. The van der Waals surface area contributed by atoms with E-state index < -0.39 is 12.0 Å². The second-order valence-electron chi connectivity index (χ2n) is 3.50. The van der Waals surface area contributed by atoms with E-state index in [1.165, 1.54) is 0 Å². The number of nitrogens with zero attached hydrogens (tertiary/aromatic N) is 1. The molecule has 0 saturated heterocycles. The Balaban J connectivity index is 2.78. The molecule has 0 spiro atoms. The molecule has 0 amide bonds. The summed E-state index contributed by atoms with van der Waals surface area (Å²) >= 11 is 0. The lowest BCUT2D eigenvalue weighted by atomic mass is 10.2. The first kappa shape index (κ1) is 12.3. The Labute approximate surface area is 94.1 Å². The molecule has 0 aliphatic heterocycles. The molecule has 1 atom stereocenters. The summed E-state index contributed by atoms with van der Waals surface area (Å²) in [5, 5.41) is 18.1. The molecule has 0 saturated carbocycles. The Morgan fingerprint density at radius 1 is 1.56 bits per heavy atom. The van der Waals surface area contributed by atoms with Crippen molar-refractivity contribution in [3.05, 3.63) is 24.3 Å². The average Bonchev–Trinajstić information content (AvgIpc) is 2.25. The summed E-state index contributed by atoms with van der Waals surface area (Å²) in [5.74, 6) is -0.876. The molecule has 1 aromatic carbocycles. The summed E-state index contributed by atoms with van der Waals surface area (Å²) in [6, 6.07) is 5.73. The molecule has 0 aromatic heterocycles. The maximum Gasteiger partial charge on any atom is 0.322 e. The van der Waals surface area contributed by atoms with Gasteiger partial charge in [-0.2, -0.15) is 0 Å². The van der Waals surface area contributed by atoms with Gasteiger partial charge in [0.1, 0.15) is 11.8 Å². The van der Waals surface area contributed by atoms with Gasteiger partial charge in [0.05, 0.1) is 0 Å². The molecular weight excluding hydrogens is 208 g/mol. The number of carbonyl (C=O) groups is 1. The van der Waals surface area contributed by atoms with E-state index in [9.17, 15) is 9.90 Å². The molecule has 16 heavy (non-hydrogen) atoms. The molecule has 0 heterocycles. The maximum atomic E-state index is 10.6. The quantitative estimate of drug-likeness (QED) is 0.683. The number of rotatable bonds is 5. The number of carboxylic acids is 1. The van der Waals surface area contributed by atoms with Crippen molar-refractivity contribution in [3.8, 4) is 5.75 Å². The van der Waals surface area contributed by atoms with Gasteiger partial charge < -0.3 is 20.8 Å². The second-order valence-corrected chi connectivity index (χ2v) is 3.50. The van der Waals surface area contributed by atoms with Crippen molar-refractivity contribution in [3.63, 3.8) is 0 Å². The topological polar surface area (TPSA) is 86.8 Å². The fraction of sp³-hybridized carbons (Fsp3) is 0.364. The van der Waals surface area contributed by atoms with E-state index >= 15 is 0 Å². The number of benzene rings is 1. The zero-order valence-corrected chi connectivity index (χ0v) is 9.13. The predicted molar refractivity (Wildman–Crippen MR) is 61.6 cm³/mol. The maximum absolute atomic E-state index is 10.6. The standard InChI is InChI=1S/C11H16N2O3/c1-2-13(7-10(12)11(15)16)8-4-3-5-9(14)6-8/h3-6,10,14H,2,7,12H2,1H3,(H,15,16). The third-order valence-electron chi connectivity index (χ3n) is 2.31. The Morgan fingerprint density at radius 3 is 2.75 bits per heavy atom. The number of hydrogen-bond donors (Lipinski definition) is 3. The van der Waals surface area contributed by atoms with Crippen LogP contribution in [0, 0.1) is 0 Å². The first-order chi connectivity index (χ1) is 7.54. The van der Waals surface area contributed by atoms with Gasteiger partial charge >= 0.3 is 5.97 Å². The van der Waals surface area contributed by atoms with Crippen LogP contribution in [-0.4, -0.2) is 35.3 Å². The molecule has 1 aromatic rings. The zero-order valence-electron chi connectivity index (χ0n) is 9.13. The number of carboxylic acid groups (broad SMARTS) is 1. The molecule has 1 unspecified atom stereocenters. The van der Waals surface area contributed by atoms with Crippen molar-refractivity contribution in [2.24, 2.45) is 5.73 Å². The first-order valence-corrected chi connectivity index (χ1v) is 5.07. The van der Waals surface area contributed by atoms with Crippen LogP contribution in [0.5, 0.6) is 5.75 Å². The third kappa shape index (κ3) is 3.13. The number of aliphatic carboxylic acids is 1. The highest BCUT2D eigenvalue weighted by molar-refractivity contribution is 5.74. The summed E-state index contributed by atoms with van der Waals surface area (Å²) < 4.78 is 0. The molecule has 5 nitrogen and oxygen atoms in total. The van der Waals surface area contributed by atoms with Gasteiger partial charge in [-0.15, -0.1) is 0 Å². The minimum Gasteiger partial charge on any atom is -0.508 e. The largest absolute Gasteiger partial charge is 0.508 e. The number of aromatic hydroxyl groups is 1. The number of phenols is 1. The Morgan fingerprint density at radius 2 is 2.25 bits per heavy atom. The summed E-state index contributed by atoms with van der Waals surface area (Å²) in [4.78, 5) is 12.5. The minimum absolute atomic E-state index is 0.153. The van der Waals surface area contributed by atoms with Crippen LogP contribution >= 0.6 is 0 Å². The molecule has 0 radical (unpaired) electrons. The molecule has 0 fully saturated rings.